The van der Waals surface area contributed by atoms with Gasteiger partial charge in [0.15, 0.2) is 0 Å². The molecule has 0 saturated heterocycles. The second kappa shape index (κ2) is 5.11. The van der Waals surface area contributed by atoms with Crippen LogP contribution in [0.1, 0.15) is 40.2 Å². The summed E-state index contributed by atoms with van der Waals surface area (Å²) < 4.78 is 10.7. The third kappa shape index (κ3) is 2.96. The van der Waals surface area contributed by atoms with Gasteiger partial charge in [-0.05, 0) is 32.9 Å². The third-order valence-electron chi connectivity index (χ3n) is 3.89. The average Bonchev–Trinajstić information content (AvgIpc) is 3.03. The molecule has 1 aliphatic rings. The Morgan fingerprint density at radius 2 is 2.13 bits per heavy atom. The van der Waals surface area contributed by atoms with Crippen molar-refractivity contribution >= 4 is 11.8 Å². The Balaban J connectivity index is 2.01. The quantitative estimate of drug-likeness (QED) is 0.784. The highest BCUT2D eigenvalue weighted by Crippen LogP contribution is 2.42. The predicted molar refractivity (Wildman–Crippen MR) is 88.5 cm³/mol. The van der Waals surface area contributed by atoms with Gasteiger partial charge in [-0.15, -0.1) is 0 Å². The van der Waals surface area contributed by atoms with E-state index in [1.165, 1.54) is 0 Å². The van der Waals surface area contributed by atoms with E-state index in [0.29, 0.717) is 6.54 Å². The van der Waals surface area contributed by atoms with Gasteiger partial charge in [0.05, 0.1) is 23.9 Å². The Morgan fingerprint density at radius 1 is 1.39 bits per heavy atom. The van der Waals surface area contributed by atoms with Crippen molar-refractivity contribution in [3.8, 4) is 11.3 Å². The maximum absolute atomic E-state index is 12.6. The molecule has 0 saturated carbocycles. The number of hydrogen-bond donors (Lipinski definition) is 0. The zero-order chi connectivity index (χ0) is 16.8. The van der Waals surface area contributed by atoms with Gasteiger partial charge in [0, 0.05) is 29.3 Å². The molecule has 2 aromatic heterocycles. The van der Waals surface area contributed by atoms with Crippen LogP contribution in [0.4, 0.5) is 10.5 Å². The predicted octanol–water partition coefficient (Wildman–Crippen LogP) is 4.37. The van der Waals surface area contributed by atoms with Crippen LogP contribution in [0.5, 0.6) is 0 Å². The van der Waals surface area contributed by atoms with Crippen molar-refractivity contribution in [2.75, 3.05) is 11.4 Å². The van der Waals surface area contributed by atoms with Crippen molar-refractivity contribution in [1.29, 1.82) is 0 Å². The molecule has 0 atom stereocenters. The minimum absolute atomic E-state index is 0.159. The number of hydrogen-bond acceptors (Lipinski definition) is 4. The molecule has 2 aromatic rings. The minimum Gasteiger partial charge on any atom is -0.472 e. The highest BCUT2D eigenvalue weighted by Gasteiger charge is 2.40. The van der Waals surface area contributed by atoms with Crippen LogP contribution >= 0.6 is 0 Å². The van der Waals surface area contributed by atoms with E-state index in [1.54, 1.807) is 17.4 Å². The van der Waals surface area contributed by atoms with Crippen molar-refractivity contribution in [3.05, 3.63) is 36.4 Å². The number of ether oxygens (including phenoxy) is 1. The fraction of sp³-hybridized carbons (Fsp3) is 0.444. The number of amides is 1. The second-order valence-corrected chi connectivity index (χ2v) is 7.55. The van der Waals surface area contributed by atoms with Crippen LogP contribution in [-0.4, -0.2) is 23.2 Å². The van der Waals surface area contributed by atoms with Crippen LogP contribution in [0.3, 0.4) is 0 Å². The van der Waals surface area contributed by atoms with Crippen molar-refractivity contribution in [2.45, 2.75) is 45.6 Å². The van der Waals surface area contributed by atoms with Gasteiger partial charge in [-0.25, -0.2) is 4.79 Å². The molecule has 122 valence electrons. The lowest BCUT2D eigenvalue weighted by atomic mass is 9.88. The normalized spacial score (nSPS) is 16.3. The summed E-state index contributed by atoms with van der Waals surface area (Å²) in [6.45, 7) is 10.4. The molecule has 1 aliphatic heterocycles. The lowest BCUT2D eigenvalue weighted by Gasteiger charge is -2.26. The van der Waals surface area contributed by atoms with E-state index in [1.807, 2.05) is 39.1 Å². The molecule has 0 aliphatic carbocycles. The molecular formula is C18H22N2O3. The van der Waals surface area contributed by atoms with E-state index < -0.39 is 5.60 Å². The maximum atomic E-state index is 12.6. The summed E-state index contributed by atoms with van der Waals surface area (Å²) in [5.41, 5.74) is 2.90. The summed E-state index contributed by atoms with van der Waals surface area (Å²) in [6, 6.07) is 3.78. The number of nitrogens with zero attached hydrogens (tertiary/aromatic N) is 2. The average molecular weight is 314 g/mol. The van der Waals surface area contributed by atoms with E-state index in [-0.39, 0.29) is 11.5 Å². The number of anilines is 1. The summed E-state index contributed by atoms with van der Waals surface area (Å²) >= 11 is 0. The Kier molecular flexibility index (Phi) is 3.47. The monoisotopic (exact) mass is 314 g/mol. The number of pyridine rings is 1. The first-order valence-corrected chi connectivity index (χ1v) is 7.71. The summed E-state index contributed by atoms with van der Waals surface area (Å²) in [6.07, 6.45) is 4.78. The van der Waals surface area contributed by atoms with Crippen molar-refractivity contribution in [2.24, 2.45) is 0 Å². The number of fused-ring (bicyclic) bond motifs is 1. The zero-order valence-corrected chi connectivity index (χ0v) is 14.2. The Bertz CT molecular complexity index is 727. The van der Waals surface area contributed by atoms with Crippen LogP contribution in [0.2, 0.25) is 0 Å². The third-order valence-corrected chi connectivity index (χ3v) is 3.89. The molecule has 0 aromatic carbocycles. The van der Waals surface area contributed by atoms with Gasteiger partial charge >= 0.3 is 6.09 Å². The molecule has 0 fully saturated rings. The molecule has 1 amide bonds. The van der Waals surface area contributed by atoms with Crippen LogP contribution in [0.15, 0.2) is 35.3 Å². The maximum Gasteiger partial charge on any atom is 0.414 e. The highest BCUT2D eigenvalue weighted by molar-refractivity contribution is 5.92. The minimum atomic E-state index is -0.523. The summed E-state index contributed by atoms with van der Waals surface area (Å²) in [5.74, 6) is 0. The molecular weight excluding hydrogens is 292 g/mol. The largest absolute Gasteiger partial charge is 0.472 e. The van der Waals surface area contributed by atoms with Gasteiger partial charge in [0.2, 0.25) is 0 Å². The second-order valence-electron chi connectivity index (χ2n) is 7.55. The van der Waals surface area contributed by atoms with E-state index in [9.17, 15) is 4.79 Å². The summed E-state index contributed by atoms with van der Waals surface area (Å²) in [7, 11) is 0. The Hall–Kier alpha value is -2.30. The van der Waals surface area contributed by atoms with Gasteiger partial charge in [0.1, 0.15) is 5.60 Å². The first-order chi connectivity index (χ1) is 10.7. The molecule has 0 spiro atoms. The zero-order valence-electron chi connectivity index (χ0n) is 14.2. The summed E-state index contributed by atoms with van der Waals surface area (Å²) in [5, 5.41) is 0. The van der Waals surface area contributed by atoms with Crippen LogP contribution in [0, 0.1) is 0 Å². The molecule has 0 radical (unpaired) electrons. The molecule has 23 heavy (non-hydrogen) atoms. The molecule has 5 nitrogen and oxygen atoms in total. The molecule has 0 bridgehead atoms. The topological polar surface area (TPSA) is 55.6 Å². The smallest absolute Gasteiger partial charge is 0.414 e. The van der Waals surface area contributed by atoms with Crippen molar-refractivity contribution in [3.63, 3.8) is 0 Å². The molecule has 3 heterocycles. The van der Waals surface area contributed by atoms with E-state index >= 15 is 0 Å². The molecule has 0 N–H and O–H groups in total. The number of rotatable bonds is 1. The van der Waals surface area contributed by atoms with Gasteiger partial charge in [-0.3, -0.25) is 9.88 Å². The first-order valence-electron chi connectivity index (χ1n) is 7.71. The standard InChI is InChI=1S/C18H22N2O3/c1-17(2,3)23-16(21)20-11-18(4,5)13-9-19-14(8-15(13)20)12-6-7-22-10-12/h6-10H,11H2,1-5H3. The van der Waals surface area contributed by atoms with Crippen LogP contribution < -0.4 is 4.90 Å². The van der Waals surface area contributed by atoms with Crippen LogP contribution in [-0.2, 0) is 10.2 Å². The molecule has 3 rings (SSSR count). The fourth-order valence-corrected chi connectivity index (χ4v) is 2.80. The fourth-order valence-electron chi connectivity index (χ4n) is 2.80. The molecule has 5 heteroatoms. The molecule has 0 unspecified atom stereocenters. The van der Waals surface area contributed by atoms with Crippen molar-refractivity contribution in [1.82, 2.24) is 4.98 Å². The van der Waals surface area contributed by atoms with Gasteiger partial charge in [0.25, 0.3) is 0 Å². The van der Waals surface area contributed by atoms with Gasteiger partial charge < -0.3 is 9.15 Å². The Labute approximate surface area is 136 Å². The number of aromatic nitrogens is 1. The van der Waals surface area contributed by atoms with E-state index in [4.69, 9.17) is 9.15 Å². The van der Waals surface area contributed by atoms with Crippen molar-refractivity contribution < 1.29 is 13.9 Å². The Morgan fingerprint density at radius 3 is 2.74 bits per heavy atom. The lowest BCUT2D eigenvalue weighted by Crippen LogP contribution is -2.38. The van der Waals surface area contributed by atoms with Gasteiger partial charge in [-0.1, -0.05) is 13.8 Å². The SMILES string of the molecule is CC(C)(C)OC(=O)N1CC(C)(C)c2cnc(-c3ccoc3)cc21. The highest BCUT2D eigenvalue weighted by atomic mass is 16.6. The summed E-state index contributed by atoms with van der Waals surface area (Å²) in [4.78, 5) is 18.8. The van der Waals surface area contributed by atoms with Gasteiger partial charge in [-0.2, -0.15) is 0 Å². The van der Waals surface area contributed by atoms with E-state index in [0.717, 1.165) is 22.5 Å². The first kappa shape index (κ1) is 15.6. The van der Waals surface area contributed by atoms with Crippen LogP contribution in [0.25, 0.3) is 11.3 Å². The number of carbonyl (C=O) groups is 1. The lowest BCUT2D eigenvalue weighted by molar-refractivity contribution is 0.0579. The van der Waals surface area contributed by atoms with E-state index in [2.05, 4.69) is 18.8 Å². The number of furan rings is 1. The number of carbonyl (C=O) groups excluding carboxylic acids is 1.